The highest BCUT2D eigenvalue weighted by molar-refractivity contribution is 7.99. The Balaban J connectivity index is 1.85. The number of thioether (sulfide) groups is 1. The smallest absolute Gasteiger partial charge is 0.270 e. The lowest BCUT2D eigenvalue weighted by molar-refractivity contribution is 0.0944. The molecule has 1 fully saturated rings. The first-order valence-electron chi connectivity index (χ1n) is 5.73. The number of nitrogens with one attached hydrogen (secondary N) is 1. The van der Waals surface area contributed by atoms with Crippen LogP contribution in [0.25, 0.3) is 0 Å². The van der Waals surface area contributed by atoms with Crippen molar-refractivity contribution in [3.63, 3.8) is 0 Å². The fourth-order valence-corrected chi connectivity index (χ4v) is 3.72. The molecule has 1 aliphatic heterocycles. The van der Waals surface area contributed by atoms with E-state index in [-0.39, 0.29) is 11.9 Å². The highest BCUT2D eigenvalue weighted by Gasteiger charge is 2.18. The molecule has 0 saturated carbocycles. The summed E-state index contributed by atoms with van der Waals surface area (Å²) in [6, 6.07) is -0.104. The molecule has 17 heavy (non-hydrogen) atoms. The van der Waals surface area contributed by atoms with Gasteiger partial charge in [-0.1, -0.05) is 0 Å². The van der Waals surface area contributed by atoms with Gasteiger partial charge in [-0.3, -0.25) is 4.79 Å². The standard InChI is InChI=1S/C11H17N3OS2/c1-7(12)11-14-9(6-17-11)10(15)13-4-8-2-3-16-5-8/h6-8H,2-5,12H2,1H3,(H,13,15). The molecule has 3 N–H and O–H groups in total. The molecule has 1 aromatic heterocycles. The van der Waals surface area contributed by atoms with Gasteiger partial charge in [0.25, 0.3) is 5.91 Å². The number of carbonyl (C=O) groups excluding carboxylic acids is 1. The van der Waals surface area contributed by atoms with Crippen molar-refractivity contribution in [1.29, 1.82) is 0 Å². The number of carbonyl (C=O) groups is 1. The maximum absolute atomic E-state index is 11.8. The Labute approximate surface area is 109 Å². The summed E-state index contributed by atoms with van der Waals surface area (Å²) in [5.74, 6) is 2.91. The van der Waals surface area contributed by atoms with Gasteiger partial charge >= 0.3 is 0 Å². The molecule has 2 unspecified atom stereocenters. The van der Waals surface area contributed by atoms with E-state index >= 15 is 0 Å². The van der Waals surface area contributed by atoms with Crippen molar-refractivity contribution in [3.8, 4) is 0 Å². The minimum Gasteiger partial charge on any atom is -0.350 e. The summed E-state index contributed by atoms with van der Waals surface area (Å²) >= 11 is 3.40. The number of thiazole rings is 1. The molecule has 0 aromatic carbocycles. The maximum Gasteiger partial charge on any atom is 0.270 e. The summed E-state index contributed by atoms with van der Waals surface area (Å²) in [6.07, 6.45) is 1.20. The Kier molecular flexibility index (Phi) is 4.42. The molecule has 1 aromatic rings. The monoisotopic (exact) mass is 271 g/mol. The fraction of sp³-hybridized carbons (Fsp3) is 0.636. The Hall–Kier alpha value is -0.590. The van der Waals surface area contributed by atoms with Crippen molar-refractivity contribution >= 4 is 29.0 Å². The predicted molar refractivity (Wildman–Crippen MR) is 72.5 cm³/mol. The zero-order valence-corrected chi connectivity index (χ0v) is 11.4. The summed E-state index contributed by atoms with van der Waals surface area (Å²) < 4.78 is 0. The van der Waals surface area contributed by atoms with Crippen LogP contribution in [-0.2, 0) is 0 Å². The molecule has 0 aliphatic carbocycles. The lowest BCUT2D eigenvalue weighted by Gasteiger charge is -2.08. The summed E-state index contributed by atoms with van der Waals surface area (Å²) in [6.45, 7) is 2.63. The lowest BCUT2D eigenvalue weighted by atomic mass is 10.1. The van der Waals surface area contributed by atoms with Crippen LogP contribution in [0.15, 0.2) is 5.38 Å². The number of hydrogen-bond donors (Lipinski definition) is 2. The van der Waals surface area contributed by atoms with Gasteiger partial charge in [0.1, 0.15) is 10.7 Å². The highest BCUT2D eigenvalue weighted by atomic mass is 32.2. The van der Waals surface area contributed by atoms with Crippen LogP contribution >= 0.6 is 23.1 Å². The van der Waals surface area contributed by atoms with Crippen LogP contribution in [0.2, 0.25) is 0 Å². The van der Waals surface area contributed by atoms with Crippen LogP contribution in [0.5, 0.6) is 0 Å². The van der Waals surface area contributed by atoms with Gasteiger partial charge in [0.05, 0.1) is 6.04 Å². The first-order chi connectivity index (χ1) is 8.16. The van der Waals surface area contributed by atoms with Gasteiger partial charge in [0.15, 0.2) is 0 Å². The summed E-state index contributed by atoms with van der Waals surface area (Å²) in [5.41, 5.74) is 6.21. The van der Waals surface area contributed by atoms with E-state index < -0.39 is 0 Å². The minimum absolute atomic E-state index is 0.0787. The van der Waals surface area contributed by atoms with Crippen molar-refractivity contribution in [2.24, 2.45) is 11.7 Å². The number of amides is 1. The molecular weight excluding hydrogens is 254 g/mol. The highest BCUT2D eigenvalue weighted by Crippen LogP contribution is 2.22. The fourth-order valence-electron chi connectivity index (χ4n) is 1.67. The molecule has 2 heterocycles. The number of nitrogens with zero attached hydrogens (tertiary/aromatic N) is 1. The Morgan fingerprint density at radius 3 is 3.18 bits per heavy atom. The Bertz CT molecular complexity index is 386. The van der Waals surface area contributed by atoms with E-state index in [0.29, 0.717) is 11.6 Å². The maximum atomic E-state index is 11.8. The Morgan fingerprint density at radius 2 is 2.59 bits per heavy atom. The normalized spacial score (nSPS) is 21.4. The van der Waals surface area contributed by atoms with E-state index in [9.17, 15) is 4.79 Å². The molecule has 94 valence electrons. The van der Waals surface area contributed by atoms with E-state index in [0.717, 1.165) is 17.3 Å². The number of rotatable bonds is 4. The third kappa shape index (κ3) is 3.43. The van der Waals surface area contributed by atoms with Gasteiger partial charge < -0.3 is 11.1 Å². The van der Waals surface area contributed by atoms with Gasteiger partial charge in [-0.15, -0.1) is 11.3 Å². The number of hydrogen-bond acceptors (Lipinski definition) is 5. The van der Waals surface area contributed by atoms with Gasteiger partial charge in [0.2, 0.25) is 0 Å². The van der Waals surface area contributed by atoms with Gasteiger partial charge in [-0.2, -0.15) is 11.8 Å². The van der Waals surface area contributed by atoms with E-state index in [4.69, 9.17) is 5.73 Å². The second kappa shape index (κ2) is 5.84. The third-order valence-electron chi connectivity index (χ3n) is 2.72. The van der Waals surface area contributed by atoms with Crippen molar-refractivity contribution in [3.05, 3.63) is 16.1 Å². The zero-order valence-electron chi connectivity index (χ0n) is 9.81. The second-order valence-electron chi connectivity index (χ2n) is 4.30. The van der Waals surface area contributed by atoms with Crippen molar-refractivity contribution in [2.75, 3.05) is 18.1 Å². The van der Waals surface area contributed by atoms with Crippen molar-refractivity contribution in [1.82, 2.24) is 10.3 Å². The van der Waals surface area contributed by atoms with E-state index in [1.807, 2.05) is 18.7 Å². The molecule has 1 saturated heterocycles. The average Bonchev–Trinajstić information content (AvgIpc) is 2.96. The third-order valence-corrected chi connectivity index (χ3v) is 5.00. The molecule has 1 amide bonds. The molecule has 6 heteroatoms. The molecule has 0 spiro atoms. The SMILES string of the molecule is CC(N)c1nc(C(=O)NCC2CCSC2)cs1. The lowest BCUT2D eigenvalue weighted by Crippen LogP contribution is -2.29. The molecule has 2 rings (SSSR count). The van der Waals surface area contributed by atoms with Crippen LogP contribution < -0.4 is 11.1 Å². The molecule has 2 atom stereocenters. The summed E-state index contributed by atoms with van der Waals surface area (Å²) in [5, 5.41) is 5.53. The Morgan fingerprint density at radius 1 is 1.76 bits per heavy atom. The molecule has 1 aliphatic rings. The van der Waals surface area contributed by atoms with E-state index in [1.165, 1.54) is 23.5 Å². The van der Waals surface area contributed by atoms with E-state index in [1.54, 1.807) is 5.38 Å². The van der Waals surface area contributed by atoms with Crippen molar-refractivity contribution in [2.45, 2.75) is 19.4 Å². The number of aromatic nitrogens is 1. The first kappa shape index (κ1) is 12.9. The zero-order chi connectivity index (χ0) is 12.3. The molecule has 0 radical (unpaired) electrons. The molecular formula is C11H17N3OS2. The minimum atomic E-state index is -0.104. The summed E-state index contributed by atoms with van der Waals surface area (Å²) in [4.78, 5) is 16.1. The topological polar surface area (TPSA) is 68.0 Å². The largest absolute Gasteiger partial charge is 0.350 e. The predicted octanol–water partition coefficient (Wildman–Crippen LogP) is 1.65. The van der Waals surface area contributed by atoms with Crippen LogP contribution in [0, 0.1) is 5.92 Å². The molecule has 4 nitrogen and oxygen atoms in total. The van der Waals surface area contributed by atoms with Crippen LogP contribution in [-0.4, -0.2) is 28.9 Å². The van der Waals surface area contributed by atoms with Crippen molar-refractivity contribution < 1.29 is 4.79 Å². The molecule has 0 bridgehead atoms. The van der Waals surface area contributed by atoms with Gasteiger partial charge in [0, 0.05) is 11.9 Å². The van der Waals surface area contributed by atoms with Crippen LogP contribution in [0.3, 0.4) is 0 Å². The number of nitrogens with two attached hydrogens (primary N) is 1. The van der Waals surface area contributed by atoms with Gasteiger partial charge in [-0.25, -0.2) is 4.98 Å². The van der Waals surface area contributed by atoms with Crippen LogP contribution in [0.1, 0.15) is 34.9 Å². The first-order valence-corrected chi connectivity index (χ1v) is 7.77. The van der Waals surface area contributed by atoms with Gasteiger partial charge in [-0.05, 0) is 30.8 Å². The quantitative estimate of drug-likeness (QED) is 0.873. The van der Waals surface area contributed by atoms with E-state index in [2.05, 4.69) is 10.3 Å². The summed E-state index contributed by atoms with van der Waals surface area (Å²) in [7, 11) is 0. The van der Waals surface area contributed by atoms with Crippen LogP contribution in [0.4, 0.5) is 0 Å². The average molecular weight is 271 g/mol. The second-order valence-corrected chi connectivity index (χ2v) is 6.34.